The molecule has 2 aromatic carbocycles. The van der Waals surface area contributed by atoms with E-state index in [1.807, 2.05) is 0 Å². The van der Waals surface area contributed by atoms with Crippen LogP contribution in [0.4, 0.5) is 14.5 Å². The Morgan fingerprint density at radius 2 is 1.72 bits per heavy atom. The normalized spacial score (nSPS) is 10.6. The van der Waals surface area contributed by atoms with Crippen LogP contribution in [0.5, 0.6) is 11.5 Å². The van der Waals surface area contributed by atoms with Crippen molar-refractivity contribution < 1.29 is 22.7 Å². The minimum atomic E-state index is -0.695. The molecule has 0 aliphatic rings. The van der Waals surface area contributed by atoms with Crippen molar-refractivity contribution in [2.45, 2.75) is 6.54 Å². The number of para-hydroxylation sites is 1. The van der Waals surface area contributed by atoms with Crippen LogP contribution < -0.4 is 14.8 Å². The average molecular weight is 347 g/mol. The summed E-state index contributed by atoms with van der Waals surface area (Å²) >= 11 is 0. The van der Waals surface area contributed by atoms with Crippen LogP contribution in [0.15, 0.2) is 40.8 Å². The van der Waals surface area contributed by atoms with Gasteiger partial charge in [0.1, 0.15) is 17.3 Å². The van der Waals surface area contributed by atoms with Gasteiger partial charge in [0.25, 0.3) is 0 Å². The maximum Gasteiger partial charge on any atom is 0.247 e. The molecule has 6 nitrogen and oxygen atoms in total. The Balaban J connectivity index is 1.77. The van der Waals surface area contributed by atoms with Gasteiger partial charge in [0.15, 0.2) is 11.5 Å². The number of rotatable bonds is 6. The summed E-state index contributed by atoms with van der Waals surface area (Å²) in [4.78, 5) is 0. The molecule has 0 aliphatic heterocycles. The summed E-state index contributed by atoms with van der Waals surface area (Å²) in [7, 11) is 3.06. The van der Waals surface area contributed by atoms with Crippen molar-refractivity contribution in [3.63, 3.8) is 0 Å². The minimum absolute atomic E-state index is 0.0157. The van der Waals surface area contributed by atoms with Crippen molar-refractivity contribution >= 4 is 5.69 Å². The second kappa shape index (κ2) is 7.16. The van der Waals surface area contributed by atoms with E-state index < -0.39 is 11.6 Å². The van der Waals surface area contributed by atoms with E-state index in [0.29, 0.717) is 17.1 Å². The van der Waals surface area contributed by atoms with Crippen LogP contribution in [0, 0.1) is 11.6 Å². The first-order valence-electron chi connectivity index (χ1n) is 7.35. The zero-order valence-electron chi connectivity index (χ0n) is 13.5. The molecule has 3 aromatic rings. The zero-order valence-corrected chi connectivity index (χ0v) is 13.5. The van der Waals surface area contributed by atoms with Gasteiger partial charge in [-0.2, -0.15) is 0 Å². The summed E-state index contributed by atoms with van der Waals surface area (Å²) in [6.07, 6.45) is 0. The highest BCUT2D eigenvalue weighted by atomic mass is 19.1. The zero-order chi connectivity index (χ0) is 17.8. The SMILES string of the molecule is COc1ccc(-c2nnc(CNc3c(F)cccc3F)o2)cc1OC. The molecule has 0 radical (unpaired) electrons. The molecule has 1 heterocycles. The van der Waals surface area contributed by atoms with Gasteiger partial charge in [-0.3, -0.25) is 0 Å². The summed E-state index contributed by atoms with van der Waals surface area (Å²) in [5.41, 5.74) is 0.391. The molecule has 0 amide bonds. The van der Waals surface area contributed by atoms with Crippen molar-refractivity contribution in [2.75, 3.05) is 19.5 Å². The first kappa shape index (κ1) is 16.7. The van der Waals surface area contributed by atoms with Gasteiger partial charge in [0.05, 0.1) is 20.8 Å². The van der Waals surface area contributed by atoms with Crippen LogP contribution >= 0.6 is 0 Å². The molecule has 0 unspecified atom stereocenters. The van der Waals surface area contributed by atoms with Gasteiger partial charge in [-0.1, -0.05) is 6.07 Å². The van der Waals surface area contributed by atoms with E-state index in [4.69, 9.17) is 13.9 Å². The predicted octanol–water partition coefficient (Wildman–Crippen LogP) is 3.64. The first-order chi connectivity index (χ1) is 12.1. The highest BCUT2D eigenvalue weighted by molar-refractivity contribution is 5.59. The monoisotopic (exact) mass is 347 g/mol. The Hall–Kier alpha value is -3.16. The quantitative estimate of drug-likeness (QED) is 0.734. The fourth-order valence-electron chi connectivity index (χ4n) is 2.24. The summed E-state index contributed by atoms with van der Waals surface area (Å²) in [6.45, 7) is -0.0157. The summed E-state index contributed by atoms with van der Waals surface area (Å²) < 4.78 is 43.1. The summed E-state index contributed by atoms with van der Waals surface area (Å²) in [5, 5.41) is 10.4. The van der Waals surface area contributed by atoms with Gasteiger partial charge in [0.2, 0.25) is 11.8 Å². The molecular formula is C17H15F2N3O3. The third kappa shape index (κ3) is 3.52. The van der Waals surface area contributed by atoms with E-state index in [1.165, 1.54) is 20.3 Å². The molecule has 0 spiro atoms. The highest BCUT2D eigenvalue weighted by Gasteiger charge is 2.13. The van der Waals surface area contributed by atoms with E-state index in [-0.39, 0.29) is 24.0 Å². The minimum Gasteiger partial charge on any atom is -0.493 e. The number of aromatic nitrogens is 2. The number of ether oxygens (including phenoxy) is 2. The van der Waals surface area contributed by atoms with Crippen LogP contribution in [0.25, 0.3) is 11.5 Å². The lowest BCUT2D eigenvalue weighted by Crippen LogP contribution is -2.04. The van der Waals surface area contributed by atoms with Gasteiger partial charge in [-0.25, -0.2) is 8.78 Å². The van der Waals surface area contributed by atoms with Crippen molar-refractivity contribution in [3.05, 3.63) is 53.9 Å². The third-order valence-corrected chi connectivity index (χ3v) is 3.48. The van der Waals surface area contributed by atoms with E-state index in [1.54, 1.807) is 18.2 Å². The fourth-order valence-corrected chi connectivity index (χ4v) is 2.24. The van der Waals surface area contributed by atoms with Crippen molar-refractivity contribution in [1.82, 2.24) is 10.2 Å². The average Bonchev–Trinajstić information content (AvgIpc) is 3.09. The Morgan fingerprint density at radius 1 is 1.00 bits per heavy atom. The lowest BCUT2D eigenvalue weighted by atomic mass is 10.2. The largest absolute Gasteiger partial charge is 0.493 e. The van der Waals surface area contributed by atoms with E-state index >= 15 is 0 Å². The van der Waals surface area contributed by atoms with Crippen LogP contribution in [-0.4, -0.2) is 24.4 Å². The second-order valence-electron chi connectivity index (χ2n) is 5.02. The topological polar surface area (TPSA) is 69.4 Å². The number of halogens is 2. The molecule has 3 rings (SSSR count). The Morgan fingerprint density at radius 3 is 2.40 bits per heavy atom. The van der Waals surface area contributed by atoms with Crippen LogP contribution in [0.1, 0.15) is 5.89 Å². The Bertz CT molecular complexity index is 863. The molecule has 130 valence electrons. The number of hydrogen-bond donors (Lipinski definition) is 1. The van der Waals surface area contributed by atoms with Crippen LogP contribution in [-0.2, 0) is 6.54 Å². The van der Waals surface area contributed by atoms with Gasteiger partial charge in [0, 0.05) is 5.56 Å². The van der Waals surface area contributed by atoms with Crippen molar-refractivity contribution in [3.8, 4) is 23.0 Å². The van der Waals surface area contributed by atoms with Gasteiger partial charge >= 0.3 is 0 Å². The van der Waals surface area contributed by atoms with E-state index in [2.05, 4.69) is 15.5 Å². The molecule has 8 heteroatoms. The van der Waals surface area contributed by atoms with Crippen LogP contribution in [0.2, 0.25) is 0 Å². The van der Waals surface area contributed by atoms with Gasteiger partial charge in [-0.05, 0) is 30.3 Å². The maximum absolute atomic E-state index is 13.6. The van der Waals surface area contributed by atoms with Gasteiger partial charge < -0.3 is 19.2 Å². The summed E-state index contributed by atoms with van der Waals surface area (Å²) in [5.74, 6) is 0.146. The van der Waals surface area contributed by atoms with E-state index in [0.717, 1.165) is 12.1 Å². The molecular weight excluding hydrogens is 332 g/mol. The lowest BCUT2D eigenvalue weighted by Gasteiger charge is -2.07. The standard InChI is InChI=1S/C17H15F2N3O3/c1-23-13-7-6-10(8-14(13)24-2)17-22-21-15(25-17)9-20-16-11(18)4-3-5-12(16)19/h3-8,20H,9H2,1-2H3. The summed E-state index contributed by atoms with van der Waals surface area (Å²) in [6, 6.07) is 8.76. The van der Waals surface area contributed by atoms with Crippen molar-refractivity contribution in [2.24, 2.45) is 0 Å². The first-order valence-corrected chi connectivity index (χ1v) is 7.35. The lowest BCUT2D eigenvalue weighted by molar-refractivity contribution is 0.355. The molecule has 0 bridgehead atoms. The molecule has 1 aromatic heterocycles. The number of benzene rings is 2. The molecule has 0 saturated carbocycles. The van der Waals surface area contributed by atoms with E-state index in [9.17, 15) is 8.78 Å². The number of methoxy groups -OCH3 is 2. The number of hydrogen-bond acceptors (Lipinski definition) is 6. The number of nitrogens with zero attached hydrogens (tertiary/aromatic N) is 2. The predicted molar refractivity (Wildman–Crippen MR) is 86.5 cm³/mol. The maximum atomic E-state index is 13.6. The molecule has 0 atom stereocenters. The van der Waals surface area contributed by atoms with Crippen LogP contribution in [0.3, 0.4) is 0 Å². The number of nitrogens with one attached hydrogen (secondary N) is 1. The second-order valence-corrected chi connectivity index (χ2v) is 5.02. The molecule has 0 fully saturated rings. The van der Waals surface area contributed by atoms with Gasteiger partial charge in [-0.15, -0.1) is 10.2 Å². The fraction of sp³-hybridized carbons (Fsp3) is 0.176. The Kier molecular flexibility index (Phi) is 4.78. The molecule has 1 N–H and O–H groups in total. The Labute approximate surface area is 142 Å². The smallest absolute Gasteiger partial charge is 0.247 e. The molecule has 0 saturated heterocycles. The highest BCUT2D eigenvalue weighted by Crippen LogP contribution is 2.31. The molecule has 0 aliphatic carbocycles. The molecule has 25 heavy (non-hydrogen) atoms. The number of anilines is 1. The van der Waals surface area contributed by atoms with Crippen molar-refractivity contribution in [1.29, 1.82) is 0 Å². The third-order valence-electron chi connectivity index (χ3n) is 3.48.